The molecular weight excluding hydrogens is 444 g/mol. The highest BCUT2D eigenvalue weighted by Crippen LogP contribution is 2.46. The molecule has 2 aromatic heterocycles. The van der Waals surface area contributed by atoms with E-state index >= 15 is 0 Å². The van der Waals surface area contributed by atoms with Crippen molar-refractivity contribution in [1.82, 2.24) is 14.9 Å². The van der Waals surface area contributed by atoms with E-state index in [0.29, 0.717) is 10.9 Å². The van der Waals surface area contributed by atoms with Crippen LogP contribution in [0, 0.1) is 6.92 Å². The number of ether oxygens (including phenoxy) is 2. The average molecular weight is 471 g/mol. The molecule has 1 aliphatic heterocycles. The zero-order valence-electron chi connectivity index (χ0n) is 19.3. The normalized spacial score (nSPS) is 17.5. The molecule has 1 saturated heterocycles. The fourth-order valence-electron chi connectivity index (χ4n) is 4.62. The molecule has 0 spiro atoms. The zero-order chi connectivity index (χ0) is 23.7. The lowest BCUT2D eigenvalue weighted by Gasteiger charge is -2.30. The van der Waals surface area contributed by atoms with Gasteiger partial charge in [-0.1, -0.05) is 24.3 Å². The van der Waals surface area contributed by atoms with Gasteiger partial charge < -0.3 is 24.3 Å². The summed E-state index contributed by atoms with van der Waals surface area (Å²) < 4.78 is 13.6. The van der Waals surface area contributed by atoms with Crippen molar-refractivity contribution in [3.63, 3.8) is 0 Å². The number of hydrogen-bond donors (Lipinski definition) is 1. The van der Waals surface area contributed by atoms with Gasteiger partial charge in [-0.3, -0.25) is 4.98 Å². The molecule has 6 nitrogen and oxygen atoms in total. The number of anilines is 1. The second-order valence-electron chi connectivity index (χ2n) is 8.10. The smallest absolute Gasteiger partial charge is 0.174 e. The fourth-order valence-corrected chi connectivity index (χ4v) is 4.96. The van der Waals surface area contributed by atoms with E-state index in [-0.39, 0.29) is 12.1 Å². The Hall–Kier alpha value is -3.84. The van der Waals surface area contributed by atoms with Crippen molar-refractivity contribution in [2.45, 2.75) is 19.0 Å². The lowest BCUT2D eigenvalue weighted by Crippen LogP contribution is -2.30. The highest BCUT2D eigenvalue weighted by Gasteiger charge is 2.43. The molecule has 0 amide bonds. The van der Waals surface area contributed by atoms with Crippen molar-refractivity contribution in [3.8, 4) is 17.2 Å². The third kappa shape index (κ3) is 3.78. The summed E-state index contributed by atoms with van der Waals surface area (Å²) in [6, 6.07) is 26.0. The summed E-state index contributed by atoms with van der Waals surface area (Å²) >= 11 is 5.91. The van der Waals surface area contributed by atoms with Crippen LogP contribution in [0.2, 0.25) is 0 Å². The topological polar surface area (TPSA) is 51.6 Å². The summed E-state index contributed by atoms with van der Waals surface area (Å²) in [6.07, 6.45) is 1.81. The van der Waals surface area contributed by atoms with Gasteiger partial charge in [0.2, 0.25) is 0 Å². The number of para-hydroxylation sites is 1. The van der Waals surface area contributed by atoms with E-state index in [2.05, 4.69) is 63.1 Å². The number of methoxy groups -OCH3 is 2. The predicted molar refractivity (Wildman–Crippen MR) is 138 cm³/mol. The van der Waals surface area contributed by atoms with Crippen molar-refractivity contribution in [2.24, 2.45) is 0 Å². The van der Waals surface area contributed by atoms with Crippen LogP contribution in [0.3, 0.4) is 0 Å². The SMILES string of the molecule is COc1ccc(OC)c(N2C(=S)N[C@H](c3ccccn3)[C@@H]2c2ccc(C)n2-c2ccccc2)c1. The minimum atomic E-state index is -0.183. The highest BCUT2D eigenvalue weighted by molar-refractivity contribution is 7.80. The molecule has 0 aliphatic carbocycles. The summed E-state index contributed by atoms with van der Waals surface area (Å²) in [6.45, 7) is 2.11. The number of aromatic nitrogens is 2. The largest absolute Gasteiger partial charge is 0.497 e. The summed E-state index contributed by atoms with van der Waals surface area (Å²) in [5, 5.41) is 4.13. The number of thiocarbonyl (C=S) groups is 1. The van der Waals surface area contributed by atoms with Crippen LogP contribution >= 0.6 is 12.2 Å². The number of hydrogen-bond acceptors (Lipinski definition) is 4. The Balaban J connectivity index is 1.73. The molecule has 7 heteroatoms. The molecule has 1 aliphatic rings. The maximum atomic E-state index is 5.91. The summed E-state index contributed by atoms with van der Waals surface area (Å²) in [4.78, 5) is 6.79. The third-order valence-electron chi connectivity index (χ3n) is 6.17. The summed E-state index contributed by atoms with van der Waals surface area (Å²) in [7, 11) is 3.32. The van der Waals surface area contributed by atoms with Gasteiger partial charge in [-0.05, 0) is 67.7 Å². The maximum Gasteiger partial charge on any atom is 0.174 e. The molecule has 34 heavy (non-hydrogen) atoms. The molecule has 1 fully saturated rings. The van der Waals surface area contributed by atoms with Gasteiger partial charge in [0, 0.05) is 29.3 Å². The van der Waals surface area contributed by atoms with Gasteiger partial charge in [-0.15, -0.1) is 0 Å². The van der Waals surface area contributed by atoms with Gasteiger partial charge in [-0.25, -0.2) is 0 Å². The Morgan fingerprint density at radius 1 is 0.912 bits per heavy atom. The van der Waals surface area contributed by atoms with Crippen LogP contribution in [0.1, 0.15) is 29.2 Å². The lowest BCUT2D eigenvalue weighted by atomic mass is 10.0. The molecule has 0 radical (unpaired) electrons. The van der Waals surface area contributed by atoms with E-state index in [4.69, 9.17) is 21.7 Å². The Kier molecular flexibility index (Phi) is 5.94. The first-order valence-electron chi connectivity index (χ1n) is 11.1. The van der Waals surface area contributed by atoms with Gasteiger partial charge in [0.15, 0.2) is 5.11 Å². The van der Waals surface area contributed by atoms with E-state index in [9.17, 15) is 0 Å². The molecule has 0 bridgehead atoms. The molecule has 172 valence electrons. The van der Waals surface area contributed by atoms with E-state index in [0.717, 1.165) is 34.2 Å². The minimum absolute atomic E-state index is 0.165. The molecule has 1 N–H and O–H groups in total. The van der Waals surface area contributed by atoms with Crippen LogP contribution in [0.5, 0.6) is 11.5 Å². The van der Waals surface area contributed by atoms with Gasteiger partial charge in [0.25, 0.3) is 0 Å². The first kappa shape index (κ1) is 22.0. The number of pyridine rings is 1. The molecule has 4 aromatic rings. The standard InChI is InChI=1S/C27H26N4O2S/c1-18-12-14-22(30(18)19-9-5-4-6-10-19)26-25(21-11-7-8-16-28-21)29-27(34)31(26)23-17-20(32-2)13-15-24(23)33-3/h4-17,25-26H,1-3H3,(H,29,34)/t25-,26+/m1/s1. The van der Waals surface area contributed by atoms with E-state index in [1.165, 1.54) is 0 Å². The first-order valence-corrected chi connectivity index (χ1v) is 11.5. The van der Waals surface area contributed by atoms with Gasteiger partial charge in [0.1, 0.15) is 17.5 Å². The van der Waals surface area contributed by atoms with Crippen LogP contribution < -0.4 is 19.7 Å². The van der Waals surface area contributed by atoms with Gasteiger partial charge in [0.05, 0.1) is 31.6 Å². The van der Waals surface area contributed by atoms with Crippen molar-refractivity contribution in [1.29, 1.82) is 0 Å². The van der Waals surface area contributed by atoms with Crippen LogP contribution in [0.4, 0.5) is 5.69 Å². The van der Waals surface area contributed by atoms with Crippen molar-refractivity contribution >= 4 is 23.0 Å². The third-order valence-corrected chi connectivity index (χ3v) is 6.48. The Morgan fingerprint density at radius 3 is 2.41 bits per heavy atom. The van der Waals surface area contributed by atoms with Crippen molar-refractivity contribution < 1.29 is 9.47 Å². The summed E-state index contributed by atoms with van der Waals surface area (Å²) in [5.74, 6) is 1.44. The molecular formula is C27H26N4O2S. The number of nitrogens with zero attached hydrogens (tertiary/aromatic N) is 3. The predicted octanol–water partition coefficient (Wildman–Crippen LogP) is 5.38. The maximum absolute atomic E-state index is 5.91. The minimum Gasteiger partial charge on any atom is -0.497 e. The number of aryl methyl sites for hydroxylation is 1. The fraction of sp³-hybridized carbons (Fsp3) is 0.185. The quantitative estimate of drug-likeness (QED) is 0.382. The highest BCUT2D eigenvalue weighted by atomic mass is 32.1. The number of rotatable bonds is 6. The zero-order valence-corrected chi connectivity index (χ0v) is 20.1. The van der Waals surface area contributed by atoms with Gasteiger partial charge >= 0.3 is 0 Å². The molecule has 0 unspecified atom stereocenters. The molecule has 0 saturated carbocycles. The monoisotopic (exact) mass is 470 g/mol. The van der Waals surface area contributed by atoms with Crippen LogP contribution in [-0.4, -0.2) is 28.9 Å². The van der Waals surface area contributed by atoms with E-state index < -0.39 is 0 Å². The van der Waals surface area contributed by atoms with E-state index in [1.807, 2.05) is 48.7 Å². The molecule has 2 atom stereocenters. The second kappa shape index (κ2) is 9.19. The second-order valence-corrected chi connectivity index (χ2v) is 8.49. The number of benzene rings is 2. The van der Waals surface area contributed by atoms with Crippen LogP contribution in [-0.2, 0) is 0 Å². The van der Waals surface area contributed by atoms with Gasteiger partial charge in [-0.2, -0.15) is 0 Å². The van der Waals surface area contributed by atoms with Crippen molar-refractivity contribution in [3.05, 3.63) is 102 Å². The van der Waals surface area contributed by atoms with E-state index in [1.54, 1.807) is 14.2 Å². The Bertz CT molecular complexity index is 1310. The average Bonchev–Trinajstić information content (AvgIpc) is 3.43. The molecule has 5 rings (SSSR count). The molecule has 2 aromatic carbocycles. The molecule has 3 heterocycles. The lowest BCUT2D eigenvalue weighted by molar-refractivity contribution is 0.402. The summed E-state index contributed by atoms with van der Waals surface area (Å²) in [5.41, 5.74) is 5.07. The first-order chi connectivity index (χ1) is 16.6. The number of nitrogens with one attached hydrogen (secondary N) is 1. The van der Waals surface area contributed by atoms with Crippen LogP contribution in [0.15, 0.2) is 85.1 Å². The Morgan fingerprint density at radius 2 is 1.71 bits per heavy atom. The van der Waals surface area contributed by atoms with Crippen molar-refractivity contribution in [2.75, 3.05) is 19.1 Å². The Labute approximate surface area is 204 Å². The van der Waals surface area contributed by atoms with Crippen LogP contribution in [0.25, 0.3) is 5.69 Å².